The van der Waals surface area contributed by atoms with Crippen molar-refractivity contribution in [1.82, 2.24) is 15.1 Å². The largest absolute Gasteiger partial charge is 0.350 e. The highest BCUT2D eigenvalue weighted by atomic mass is 79.9. The maximum Gasteiger partial charge on any atom is 0.272 e. The number of carbonyl (C=O) groups excluding carboxylic acids is 1. The van der Waals surface area contributed by atoms with Crippen molar-refractivity contribution < 1.29 is 4.79 Å². The number of benzene rings is 1. The molecule has 0 fully saturated rings. The molecule has 1 aromatic heterocycles. The lowest BCUT2D eigenvalue weighted by Crippen LogP contribution is -2.26. The number of aryl methyl sites for hydroxylation is 1. The molecule has 19 heavy (non-hydrogen) atoms. The Bertz CT molecular complexity index is 578. The molecule has 5 heteroatoms. The first-order valence-electron chi connectivity index (χ1n) is 6.11. The highest BCUT2D eigenvalue weighted by Crippen LogP contribution is 2.18. The molecule has 0 aliphatic carbocycles. The predicted molar refractivity (Wildman–Crippen MR) is 78.1 cm³/mol. The Morgan fingerprint density at radius 3 is 2.63 bits per heavy atom. The summed E-state index contributed by atoms with van der Waals surface area (Å²) in [4.78, 5) is 12.0. The lowest BCUT2D eigenvalue weighted by atomic mass is 10.1. The first-order valence-corrected chi connectivity index (χ1v) is 6.90. The van der Waals surface area contributed by atoms with E-state index in [2.05, 4.69) is 38.5 Å². The van der Waals surface area contributed by atoms with Gasteiger partial charge in [0.05, 0.1) is 0 Å². The predicted octanol–water partition coefficient (Wildman–Crippen LogP) is 2.46. The molecule has 0 aliphatic heterocycles. The Balaban J connectivity index is 1.93. The van der Waals surface area contributed by atoms with E-state index in [0.29, 0.717) is 12.2 Å². The van der Waals surface area contributed by atoms with Gasteiger partial charge in [0.25, 0.3) is 5.91 Å². The van der Waals surface area contributed by atoms with Gasteiger partial charge in [-0.05, 0) is 34.8 Å². The van der Waals surface area contributed by atoms with Crippen LogP contribution in [0.4, 0.5) is 0 Å². The SMILES string of the molecule is Cc1c(C(=O)NCCc2ccccc2)nn(C)c1Br. The summed E-state index contributed by atoms with van der Waals surface area (Å²) in [6.07, 6.45) is 0.819. The number of amides is 1. The summed E-state index contributed by atoms with van der Waals surface area (Å²) in [5.74, 6) is -0.130. The summed E-state index contributed by atoms with van der Waals surface area (Å²) >= 11 is 3.39. The van der Waals surface area contributed by atoms with Crippen molar-refractivity contribution in [3.05, 3.63) is 51.8 Å². The first kappa shape index (κ1) is 13.8. The van der Waals surface area contributed by atoms with Crippen LogP contribution in [0.2, 0.25) is 0 Å². The molecule has 4 nitrogen and oxygen atoms in total. The van der Waals surface area contributed by atoms with Gasteiger partial charge >= 0.3 is 0 Å². The molecule has 2 aromatic rings. The van der Waals surface area contributed by atoms with E-state index in [-0.39, 0.29) is 5.91 Å². The number of hydrogen-bond donors (Lipinski definition) is 1. The van der Waals surface area contributed by atoms with Crippen molar-refractivity contribution in [2.45, 2.75) is 13.3 Å². The van der Waals surface area contributed by atoms with Gasteiger partial charge in [0, 0.05) is 19.2 Å². The zero-order chi connectivity index (χ0) is 13.8. The molecule has 0 bridgehead atoms. The van der Waals surface area contributed by atoms with Crippen LogP contribution >= 0.6 is 15.9 Å². The molecule has 0 saturated heterocycles. The van der Waals surface area contributed by atoms with Gasteiger partial charge in [0.15, 0.2) is 5.69 Å². The van der Waals surface area contributed by atoms with Crippen LogP contribution in [-0.2, 0) is 13.5 Å². The third-order valence-electron chi connectivity index (χ3n) is 2.96. The van der Waals surface area contributed by atoms with Gasteiger partial charge in [-0.15, -0.1) is 0 Å². The minimum atomic E-state index is -0.130. The van der Waals surface area contributed by atoms with Crippen LogP contribution in [0.15, 0.2) is 34.9 Å². The van der Waals surface area contributed by atoms with E-state index in [4.69, 9.17) is 0 Å². The molecule has 0 saturated carbocycles. The fraction of sp³-hybridized carbons (Fsp3) is 0.286. The monoisotopic (exact) mass is 321 g/mol. The number of hydrogen-bond acceptors (Lipinski definition) is 2. The molecule has 0 unspecified atom stereocenters. The number of carbonyl (C=O) groups is 1. The van der Waals surface area contributed by atoms with Crippen molar-refractivity contribution in [2.75, 3.05) is 6.54 Å². The molecule has 1 amide bonds. The summed E-state index contributed by atoms with van der Waals surface area (Å²) in [6, 6.07) is 10.1. The molecule has 0 aliphatic rings. The third kappa shape index (κ3) is 3.23. The van der Waals surface area contributed by atoms with E-state index < -0.39 is 0 Å². The van der Waals surface area contributed by atoms with Crippen LogP contribution < -0.4 is 5.32 Å². The standard InChI is InChI=1S/C14H16BrN3O/c1-10-12(17-18(2)13(10)15)14(19)16-9-8-11-6-4-3-5-7-11/h3-7H,8-9H2,1-2H3,(H,16,19). The van der Waals surface area contributed by atoms with Gasteiger partial charge in [-0.1, -0.05) is 30.3 Å². The van der Waals surface area contributed by atoms with Gasteiger partial charge in [-0.25, -0.2) is 0 Å². The second-order valence-corrected chi connectivity index (χ2v) is 5.13. The zero-order valence-corrected chi connectivity index (χ0v) is 12.6. The Kier molecular flexibility index (Phi) is 4.37. The average Bonchev–Trinajstić information content (AvgIpc) is 2.68. The maximum absolute atomic E-state index is 12.0. The summed E-state index contributed by atoms with van der Waals surface area (Å²) in [6.45, 7) is 2.49. The number of nitrogens with zero attached hydrogens (tertiary/aromatic N) is 2. The quantitative estimate of drug-likeness (QED) is 0.940. The Labute approximate surface area is 120 Å². The topological polar surface area (TPSA) is 46.9 Å². The molecule has 100 valence electrons. The Hall–Kier alpha value is -1.62. The molecule has 0 radical (unpaired) electrons. The highest BCUT2D eigenvalue weighted by molar-refractivity contribution is 9.10. The minimum Gasteiger partial charge on any atom is -0.350 e. The van der Waals surface area contributed by atoms with Crippen molar-refractivity contribution in [3.63, 3.8) is 0 Å². The highest BCUT2D eigenvalue weighted by Gasteiger charge is 2.16. The first-order chi connectivity index (χ1) is 9.09. The Morgan fingerprint density at radius 1 is 1.37 bits per heavy atom. The molecule has 0 atom stereocenters. The van der Waals surface area contributed by atoms with Crippen LogP contribution in [-0.4, -0.2) is 22.2 Å². The molecule has 1 heterocycles. The van der Waals surface area contributed by atoms with Gasteiger partial charge in [-0.2, -0.15) is 5.10 Å². The summed E-state index contributed by atoms with van der Waals surface area (Å²) in [5, 5.41) is 7.09. The molecule has 2 rings (SSSR count). The van der Waals surface area contributed by atoms with Crippen LogP contribution in [0.3, 0.4) is 0 Å². The normalized spacial score (nSPS) is 10.5. The molecule has 1 aromatic carbocycles. The van der Waals surface area contributed by atoms with E-state index in [9.17, 15) is 4.79 Å². The molecular formula is C14H16BrN3O. The zero-order valence-electron chi connectivity index (χ0n) is 11.0. The van der Waals surface area contributed by atoms with Crippen molar-refractivity contribution in [3.8, 4) is 0 Å². The summed E-state index contributed by atoms with van der Waals surface area (Å²) < 4.78 is 2.49. The van der Waals surface area contributed by atoms with Gasteiger partial charge in [0.2, 0.25) is 0 Å². The van der Waals surface area contributed by atoms with Crippen LogP contribution in [0, 0.1) is 6.92 Å². The van der Waals surface area contributed by atoms with Gasteiger partial charge < -0.3 is 5.32 Å². The van der Waals surface area contributed by atoms with E-state index in [1.54, 1.807) is 11.7 Å². The van der Waals surface area contributed by atoms with Crippen molar-refractivity contribution in [2.24, 2.45) is 7.05 Å². The number of rotatable bonds is 4. The minimum absolute atomic E-state index is 0.130. The second kappa shape index (κ2) is 6.02. The van der Waals surface area contributed by atoms with E-state index >= 15 is 0 Å². The van der Waals surface area contributed by atoms with Crippen molar-refractivity contribution >= 4 is 21.8 Å². The van der Waals surface area contributed by atoms with Gasteiger partial charge in [-0.3, -0.25) is 9.48 Å². The van der Waals surface area contributed by atoms with Gasteiger partial charge in [0.1, 0.15) is 4.60 Å². The van der Waals surface area contributed by atoms with Crippen LogP contribution in [0.5, 0.6) is 0 Å². The van der Waals surface area contributed by atoms with Crippen LogP contribution in [0.1, 0.15) is 21.6 Å². The number of aromatic nitrogens is 2. The molecule has 1 N–H and O–H groups in total. The fourth-order valence-corrected chi connectivity index (χ4v) is 2.14. The molecular weight excluding hydrogens is 306 g/mol. The maximum atomic E-state index is 12.0. The van der Waals surface area contributed by atoms with E-state index in [0.717, 1.165) is 16.6 Å². The number of halogens is 1. The van der Waals surface area contributed by atoms with E-state index in [1.165, 1.54) is 5.56 Å². The third-order valence-corrected chi connectivity index (χ3v) is 4.06. The lowest BCUT2D eigenvalue weighted by molar-refractivity contribution is 0.0948. The van der Waals surface area contributed by atoms with Crippen molar-refractivity contribution in [1.29, 1.82) is 0 Å². The smallest absolute Gasteiger partial charge is 0.272 e. The lowest BCUT2D eigenvalue weighted by Gasteiger charge is -2.04. The Morgan fingerprint density at radius 2 is 2.05 bits per heavy atom. The number of nitrogens with one attached hydrogen (secondary N) is 1. The fourth-order valence-electron chi connectivity index (χ4n) is 1.87. The van der Waals surface area contributed by atoms with E-state index in [1.807, 2.05) is 25.1 Å². The van der Waals surface area contributed by atoms with Crippen LogP contribution in [0.25, 0.3) is 0 Å². The second-order valence-electron chi connectivity index (χ2n) is 4.38. The molecule has 0 spiro atoms. The summed E-state index contributed by atoms with van der Waals surface area (Å²) in [7, 11) is 1.80. The summed E-state index contributed by atoms with van der Waals surface area (Å²) in [5.41, 5.74) is 2.55. The average molecular weight is 322 g/mol.